The summed E-state index contributed by atoms with van der Waals surface area (Å²) in [4.78, 5) is 42.3. The van der Waals surface area contributed by atoms with Gasteiger partial charge in [0.15, 0.2) is 5.82 Å². The number of carbonyl (C=O) groups is 2. The summed E-state index contributed by atoms with van der Waals surface area (Å²) in [7, 11) is 1.68. The van der Waals surface area contributed by atoms with Crippen LogP contribution in [0.15, 0.2) is 54.9 Å². The number of rotatable bonds is 6. The minimum atomic E-state index is -0.587. The van der Waals surface area contributed by atoms with Crippen molar-refractivity contribution in [2.24, 2.45) is 7.05 Å². The van der Waals surface area contributed by atoms with Gasteiger partial charge >= 0.3 is 0 Å². The fourth-order valence-corrected chi connectivity index (χ4v) is 3.64. The Labute approximate surface area is 178 Å². The Morgan fingerprint density at radius 3 is 2.61 bits per heavy atom. The number of imidazole rings is 1. The van der Waals surface area contributed by atoms with E-state index in [0.717, 1.165) is 11.3 Å². The lowest BCUT2D eigenvalue weighted by Gasteiger charge is -2.18. The van der Waals surface area contributed by atoms with Crippen molar-refractivity contribution in [1.29, 1.82) is 0 Å². The van der Waals surface area contributed by atoms with Crippen molar-refractivity contribution in [3.8, 4) is 0 Å². The number of benzene rings is 2. The van der Waals surface area contributed by atoms with Crippen molar-refractivity contribution >= 4 is 28.8 Å². The van der Waals surface area contributed by atoms with Crippen LogP contribution in [-0.4, -0.2) is 38.8 Å². The lowest BCUT2D eigenvalue weighted by Crippen LogP contribution is -2.33. The van der Waals surface area contributed by atoms with E-state index >= 15 is 0 Å². The summed E-state index contributed by atoms with van der Waals surface area (Å²) in [6.07, 6.45) is 3.63. The van der Waals surface area contributed by atoms with Gasteiger partial charge in [-0.2, -0.15) is 0 Å². The number of hydrogen-bond donors (Lipinski definition) is 1. The van der Waals surface area contributed by atoms with E-state index in [2.05, 4.69) is 10.3 Å². The molecule has 1 amide bonds. The molecule has 9 nitrogen and oxygen atoms in total. The number of amides is 1. The molecule has 31 heavy (non-hydrogen) atoms. The maximum absolute atomic E-state index is 12.9. The monoisotopic (exact) mass is 419 g/mol. The molecule has 0 aliphatic carbocycles. The van der Waals surface area contributed by atoms with E-state index in [-0.39, 0.29) is 28.7 Å². The van der Waals surface area contributed by atoms with Gasteiger partial charge in [-0.1, -0.05) is 17.7 Å². The molecule has 2 heterocycles. The zero-order chi connectivity index (χ0) is 22.1. The number of anilines is 2. The molecule has 0 spiro atoms. The topological polar surface area (TPSA) is 110 Å². The number of carbonyl (C=O) groups excluding carboxylic acids is 2. The van der Waals surface area contributed by atoms with Crippen LogP contribution < -0.4 is 10.2 Å². The van der Waals surface area contributed by atoms with E-state index in [0.29, 0.717) is 13.0 Å². The van der Waals surface area contributed by atoms with Crippen LogP contribution >= 0.6 is 0 Å². The molecule has 1 saturated heterocycles. The van der Waals surface area contributed by atoms with E-state index in [4.69, 9.17) is 0 Å². The second kappa shape index (κ2) is 8.02. The predicted molar refractivity (Wildman–Crippen MR) is 115 cm³/mol. The number of nitrogens with one attached hydrogen (secondary N) is 1. The highest BCUT2D eigenvalue weighted by molar-refractivity contribution is 6.07. The standard InChI is InChI=1S/C22H21N5O4/c1-14-3-6-16(7-4-14)26-11-9-18(22(26)29)24-17-8-5-15(13-19(17)27(30)31)20(28)21-23-10-12-25(21)2/h3-8,10,12-13,18,24H,9,11H2,1-2H3. The average molecular weight is 419 g/mol. The smallest absolute Gasteiger partial charge is 0.293 e. The Morgan fingerprint density at radius 1 is 1.23 bits per heavy atom. The molecule has 0 saturated carbocycles. The van der Waals surface area contributed by atoms with Crippen molar-refractivity contribution < 1.29 is 14.5 Å². The fourth-order valence-electron chi connectivity index (χ4n) is 3.64. The van der Waals surface area contributed by atoms with Gasteiger partial charge in [-0.15, -0.1) is 0 Å². The summed E-state index contributed by atoms with van der Waals surface area (Å²) < 4.78 is 1.55. The van der Waals surface area contributed by atoms with Crippen molar-refractivity contribution in [2.75, 3.05) is 16.8 Å². The van der Waals surface area contributed by atoms with Gasteiger partial charge in [0.25, 0.3) is 5.69 Å². The Hall–Kier alpha value is -4.01. The number of nitro benzene ring substituents is 1. The summed E-state index contributed by atoms with van der Waals surface area (Å²) >= 11 is 0. The van der Waals surface area contributed by atoms with Gasteiger partial charge in [0.05, 0.1) is 4.92 Å². The Bertz CT molecular complexity index is 1170. The SMILES string of the molecule is Cc1ccc(N2CCC(Nc3ccc(C(=O)c4nccn4C)cc3[N+](=O)[O-])C2=O)cc1. The van der Waals surface area contributed by atoms with E-state index in [1.807, 2.05) is 31.2 Å². The van der Waals surface area contributed by atoms with Gasteiger partial charge in [0.2, 0.25) is 11.7 Å². The molecule has 9 heteroatoms. The number of hydrogen-bond acceptors (Lipinski definition) is 6. The Balaban J connectivity index is 1.56. The van der Waals surface area contributed by atoms with Crippen molar-refractivity contribution in [2.45, 2.75) is 19.4 Å². The molecule has 1 unspecified atom stereocenters. The lowest BCUT2D eigenvalue weighted by molar-refractivity contribution is -0.384. The minimum Gasteiger partial charge on any atom is -0.368 e. The maximum Gasteiger partial charge on any atom is 0.293 e. The molecular weight excluding hydrogens is 398 g/mol. The van der Waals surface area contributed by atoms with E-state index in [1.165, 1.54) is 24.4 Å². The first kappa shape index (κ1) is 20.3. The number of aromatic nitrogens is 2. The fraction of sp³-hybridized carbons (Fsp3) is 0.227. The second-order valence-corrected chi connectivity index (χ2v) is 7.49. The molecule has 0 radical (unpaired) electrons. The highest BCUT2D eigenvalue weighted by Crippen LogP contribution is 2.30. The van der Waals surface area contributed by atoms with Crippen LogP contribution in [0.3, 0.4) is 0 Å². The molecule has 3 aromatic rings. The molecule has 158 valence electrons. The third kappa shape index (κ3) is 3.89. The molecule has 1 aliphatic heterocycles. The molecule has 1 fully saturated rings. The molecule has 1 N–H and O–H groups in total. The van der Waals surface area contributed by atoms with Crippen molar-refractivity contribution in [3.63, 3.8) is 0 Å². The molecule has 4 rings (SSSR count). The minimum absolute atomic E-state index is 0.147. The van der Waals surface area contributed by atoms with Crippen LogP contribution in [0.1, 0.15) is 28.2 Å². The number of nitrogens with zero attached hydrogens (tertiary/aromatic N) is 4. The predicted octanol–water partition coefficient (Wildman–Crippen LogP) is 3.09. The lowest BCUT2D eigenvalue weighted by atomic mass is 10.1. The zero-order valence-electron chi connectivity index (χ0n) is 17.1. The molecule has 1 aromatic heterocycles. The molecular formula is C22H21N5O4. The Morgan fingerprint density at radius 2 is 1.97 bits per heavy atom. The second-order valence-electron chi connectivity index (χ2n) is 7.49. The maximum atomic E-state index is 12.9. The third-order valence-corrected chi connectivity index (χ3v) is 5.36. The number of nitro groups is 1. The zero-order valence-corrected chi connectivity index (χ0v) is 17.1. The average Bonchev–Trinajstić information content (AvgIpc) is 3.34. The highest BCUT2D eigenvalue weighted by Gasteiger charge is 2.34. The summed E-state index contributed by atoms with van der Waals surface area (Å²) in [6.45, 7) is 2.49. The first-order chi connectivity index (χ1) is 14.8. The molecule has 1 atom stereocenters. The van der Waals surface area contributed by atoms with Gasteiger partial charge in [0.1, 0.15) is 11.7 Å². The van der Waals surface area contributed by atoms with Crippen LogP contribution in [-0.2, 0) is 11.8 Å². The summed E-state index contributed by atoms with van der Waals surface area (Å²) in [6, 6.07) is 11.2. The summed E-state index contributed by atoms with van der Waals surface area (Å²) in [5.41, 5.74) is 1.99. The first-order valence-corrected chi connectivity index (χ1v) is 9.80. The van der Waals surface area contributed by atoms with Crippen molar-refractivity contribution in [3.05, 3.63) is 81.9 Å². The first-order valence-electron chi connectivity index (χ1n) is 9.80. The number of ketones is 1. The van der Waals surface area contributed by atoms with Gasteiger partial charge < -0.3 is 14.8 Å². The summed E-state index contributed by atoms with van der Waals surface area (Å²) in [5.74, 6) is -0.370. The van der Waals surface area contributed by atoms with Crippen LogP contribution in [0.2, 0.25) is 0 Å². The summed E-state index contributed by atoms with van der Waals surface area (Å²) in [5, 5.41) is 14.7. The molecule has 1 aliphatic rings. The van der Waals surface area contributed by atoms with Gasteiger partial charge in [-0.25, -0.2) is 4.98 Å². The van der Waals surface area contributed by atoms with Crippen LogP contribution in [0.25, 0.3) is 0 Å². The van der Waals surface area contributed by atoms with Crippen molar-refractivity contribution in [1.82, 2.24) is 9.55 Å². The highest BCUT2D eigenvalue weighted by atomic mass is 16.6. The number of aryl methyl sites for hydroxylation is 2. The largest absolute Gasteiger partial charge is 0.368 e. The van der Waals surface area contributed by atoms with Gasteiger partial charge in [0, 0.05) is 43.3 Å². The van der Waals surface area contributed by atoms with Crippen LogP contribution in [0.5, 0.6) is 0 Å². The van der Waals surface area contributed by atoms with Gasteiger partial charge in [-0.3, -0.25) is 19.7 Å². The van der Waals surface area contributed by atoms with E-state index < -0.39 is 16.7 Å². The van der Waals surface area contributed by atoms with E-state index in [9.17, 15) is 19.7 Å². The van der Waals surface area contributed by atoms with E-state index in [1.54, 1.807) is 22.7 Å². The molecule has 0 bridgehead atoms. The normalized spacial score (nSPS) is 15.9. The molecule has 2 aromatic carbocycles. The van der Waals surface area contributed by atoms with Crippen LogP contribution in [0, 0.1) is 17.0 Å². The van der Waals surface area contributed by atoms with Crippen LogP contribution in [0.4, 0.5) is 17.1 Å². The Kier molecular flexibility index (Phi) is 5.24. The quantitative estimate of drug-likeness (QED) is 0.373. The van der Waals surface area contributed by atoms with Gasteiger partial charge in [-0.05, 0) is 37.6 Å². The third-order valence-electron chi connectivity index (χ3n) is 5.36.